The molecular formula is C19H21N3O. The van der Waals surface area contributed by atoms with E-state index < -0.39 is 0 Å². The average molecular weight is 307 g/mol. The van der Waals surface area contributed by atoms with Crippen LogP contribution in [0, 0.1) is 6.92 Å². The van der Waals surface area contributed by atoms with Crippen LogP contribution in [0.15, 0.2) is 53.6 Å². The van der Waals surface area contributed by atoms with Crippen molar-refractivity contribution in [2.24, 2.45) is 5.10 Å². The van der Waals surface area contributed by atoms with Crippen molar-refractivity contribution in [3.63, 3.8) is 0 Å². The highest BCUT2D eigenvalue weighted by molar-refractivity contribution is 5.94. The summed E-state index contributed by atoms with van der Waals surface area (Å²) < 4.78 is 0. The van der Waals surface area contributed by atoms with Crippen molar-refractivity contribution in [1.82, 2.24) is 5.43 Å². The molecule has 4 heteroatoms. The summed E-state index contributed by atoms with van der Waals surface area (Å²) in [6.07, 6.45) is 4.21. The van der Waals surface area contributed by atoms with Gasteiger partial charge in [-0.25, -0.2) is 5.43 Å². The monoisotopic (exact) mass is 307 g/mol. The summed E-state index contributed by atoms with van der Waals surface area (Å²) in [5.74, 6) is -0.199. The first-order valence-electron chi connectivity index (χ1n) is 7.97. The van der Waals surface area contributed by atoms with Crippen LogP contribution in [0.1, 0.15) is 34.3 Å². The molecule has 2 aromatic rings. The van der Waals surface area contributed by atoms with Gasteiger partial charge in [-0.05, 0) is 49.6 Å². The zero-order valence-corrected chi connectivity index (χ0v) is 13.3. The number of rotatable bonds is 4. The van der Waals surface area contributed by atoms with Crippen molar-refractivity contribution < 1.29 is 4.79 Å². The van der Waals surface area contributed by atoms with Crippen LogP contribution in [0.4, 0.5) is 5.69 Å². The van der Waals surface area contributed by atoms with Gasteiger partial charge in [-0.15, -0.1) is 0 Å². The van der Waals surface area contributed by atoms with Gasteiger partial charge in [0.2, 0.25) is 0 Å². The molecule has 2 aromatic carbocycles. The van der Waals surface area contributed by atoms with Gasteiger partial charge in [-0.2, -0.15) is 5.10 Å². The lowest BCUT2D eigenvalue weighted by Gasteiger charge is -2.17. The molecule has 1 saturated heterocycles. The number of nitrogens with one attached hydrogen (secondary N) is 1. The Morgan fingerprint density at radius 1 is 1.04 bits per heavy atom. The Bertz CT molecular complexity index is 684. The molecule has 0 atom stereocenters. The maximum Gasteiger partial charge on any atom is 0.271 e. The fourth-order valence-corrected chi connectivity index (χ4v) is 2.68. The third kappa shape index (κ3) is 3.97. The Hall–Kier alpha value is -2.62. The maximum absolute atomic E-state index is 11.9. The van der Waals surface area contributed by atoms with Gasteiger partial charge >= 0.3 is 0 Å². The van der Waals surface area contributed by atoms with Crippen LogP contribution < -0.4 is 10.3 Å². The summed E-state index contributed by atoms with van der Waals surface area (Å²) in [5, 5.41) is 4.03. The number of carbonyl (C=O) groups is 1. The van der Waals surface area contributed by atoms with Crippen LogP contribution in [-0.2, 0) is 0 Å². The predicted molar refractivity (Wildman–Crippen MR) is 94.1 cm³/mol. The van der Waals surface area contributed by atoms with Crippen molar-refractivity contribution in [2.75, 3.05) is 18.0 Å². The van der Waals surface area contributed by atoms with Crippen LogP contribution in [0.2, 0.25) is 0 Å². The molecule has 1 amide bonds. The number of nitrogens with zero attached hydrogens (tertiary/aromatic N) is 2. The number of carbonyl (C=O) groups excluding carboxylic acids is 1. The number of hydrogen-bond acceptors (Lipinski definition) is 3. The van der Waals surface area contributed by atoms with Crippen molar-refractivity contribution in [3.05, 3.63) is 65.2 Å². The van der Waals surface area contributed by atoms with E-state index in [2.05, 4.69) is 27.6 Å². The molecule has 1 heterocycles. The largest absolute Gasteiger partial charge is 0.372 e. The first-order chi connectivity index (χ1) is 11.2. The van der Waals surface area contributed by atoms with E-state index in [9.17, 15) is 4.79 Å². The van der Waals surface area contributed by atoms with Gasteiger partial charge in [-0.3, -0.25) is 4.79 Å². The summed E-state index contributed by atoms with van der Waals surface area (Å²) in [4.78, 5) is 14.3. The zero-order valence-electron chi connectivity index (χ0n) is 13.3. The van der Waals surface area contributed by atoms with Crippen LogP contribution in [0.5, 0.6) is 0 Å². The minimum absolute atomic E-state index is 0.199. The van der Waals surface area contributed by atoms with Gasteiger partial charge in [0.15, 0.2) is 0 Å². The van der Waals surface area contributed by atoms with Gasteiger partial charge in [0, 0.05) is 24.3 Å². The second-order valence-electron chi connectivity index (χ2n) is 5.85. The molecule has 118 valence electrons. The molecule has 1 N–H and O–H groups in total. The van der Waals surface area contributed by atoms with E-state index in [1.165, 1.54) is 18.5 Å². The molecular weight excluding hydrogens is 286 g/mol. The Labute approximate surface area is 136 Å². The minimum Gasteiger partial charge on any atom is -0.372 e. The lowest BCUT2D eigenvalue weighted by molar-refractivity contribution is 0.0955. The zero-order chi connectivity index (χ0) is 16.1. The Kier molecular flexibility index (Phi) is 4.71. The summed E-state index contributed by atoms with van der Waals surface area (Å²) in [6, 6.07) is 15.7. The average Bonchev–Trinajstić information content (AvgIpc) is 3.10. The van der Waals surface area contributed by atoms with Gasteiger partial charge in [-0.1, -0.05) is 29.8 Å². The molecule has 1 aliphatic rings. The molecule has 0 spiro atoms. The summed E-state index contributed by atoms with van der Waals surface area (Å²) >= 11 is 0. The van der Waals surface area contributed by atoms with Crippen LogP contribution >= 0.6 is 0 Å². The van der Waals surface area contributed by atoms with Gasteiger partial charge in [0.25, 0.3) is 5.91 Å². The fourth-order valence-electron chi connectivity index (χ4n) is 2.68. The van der Waals surface area contributed by atoms with E-state index in [0.717, 1.165) is 24.2 Å². The van der Waals surface area contributed by atoms with Crippen molar-refractivity contribution in [1.29, 1.82) is 0 Å². The van der Waals surface area contributed by atoms with E-state index >= 15 is 0 Å². The van der Waals surface area contributed by atoms with Crippen LogP contribution in [0.3, 0.4) is 0 Å². The fraction of sp³-hybridized carbons (Fsp3) is 0.263. The lowest BCUT2D eigenvalue weighted by atomic mass is 10.1. The van der Waals surface area contributed by atoms with E-state index in [-0.39, 0.29) is 5.91 Å². The second-order valence-corrected chi connectivity index (χ2v) is 5.85. The first kappa shape index (κ1) is 15.3. The van der Waals surface area contributed by atoms with E-state index in [1.807, 2.05) is 31.2 Å². The molecule has 0 radical (unpaired) electrons. The van der Waals surface area contributed by atoms with Gasteiger partial charge in [0.1, 0.15) is 0 Å². The smallest absolute Gasteiger partial charge is 0.271 e. The van der Waals surface area contributed by atoms with E-state index in [4.69, 9.17) is 0 Å². The number of anilines is 1. The summed E-state index contributed by atoms with van der Waals surface area (Å²) in [7, 11) is 0. The minimum atomic E-state index is -0.199. The quantitative estimate of drug-likeness (QED) is 0.695. The molecule has 0 bridgehead atoms. The number of hydrazone groups is 1. The summed E-state index contributed by atoms with van der Waals surface area (Å²) in [5.41, 5.74) is 6.52. The van der Waals surface area contributed by atoms with Crippen molar-refractivity contribution in [3.8, 4) is 0 Å². The molecule has 23 heavy (non-hydrogen) atoms. The molecule has 0 aliphatic carbocycles. The highest BCUT2D eigenvalue weighted by Gasteiger charge is 2.11. The molecule has 1 fully saturated rings. The Morgan fingerprint density at radius 2 is 1.70 bits per heavy atom. The number of hydrogen-bond donors (Lipinski definition) is 1. The summed E-state index contributed by atoms with van der Waals surface area (Å²) in [6.45, 7) is 4.27. The third-order valence-corrected chi connectivity index (χ3v) is 4.06. The van der Waals surface area contributed by atoms with Crippen LogP contribution in [-0.4, -0.2) is 25.2 Å². The number of aryl methyl sites for hydroxylation is 1. The standard InChI is InChI=1S/C19H21N3O/c1-15-4-8-17(9-5-15)19(23)21-20-14-16-6-10-18(11-7-16)22-12-2-3-13-22/h4-11,14H,2-3,12-13H2,1H3,(H,21,23). The highest BCUT2D eigenvalue weighted by Crippen LogP contribution is 2.19. The van der Waals surface area contributed by atoms with Crippen molar-refractivity contribution in [2.45, 2.75) is 19.8 Å². The predicted octanol–water partition coefficient (Wildman–Crippen LogP) is 3.36. The van der Waals surface area contributed by atoms with Crippen molar-refractivity contribution >= 4 is 17.8 Å². The van der Waals surface area contributed by atoms with Gasteiger partial charge < -0.3 is 4.90 Å². The topological polar surface area (TPSA) is 44.7 Å². The molecule has 0 unspecified atom stereocenters. The molecule has 3 rings (SSSR count). The molecule has 0 saturated carbocycles. The molecule has 1 aliphatic heterocycles. The molecule has 4 nitrogen and oxygen atoms in total. The van der Waals surface area contributed by atoms with Gasteiger partial charge in [0.05, 0.1) is 6.21 Å². The first-order valence-corrected chi connectivity index (χ1v) is 7.97. The van der Waals surface area contributed by atoms with E-state index in [0.29, 0.717) is 5.56 Å². The second kappa shape index (κ2) is 7.09. The highest BCUT2D eigenvalue weighted by atomic mass is 16.2. The normalized spacial score (nSPS) is 14.4. The van der Waals surface area contributed by atoms with Crippen LogP contribution in [0.25, 0.3) is 0 Å². The van der Waals surface area contributed by atoms with E-state index in [1.54, 1.807) is 18.3 Å². The SMILES string of the molecule is Cc1ccc(C(=O)NN=Cc2ccc(N3CCCC3)cc2)cc1. The maximum atomic E-state index is 11.9. The lowest BCUT2D eigenvalue weighted by Crippen LogP contribution is -2.18. The number of amides is 1. The number of benzene rings is 2. The molecule has 0 aromatic heterocycles. The third-order valence-electron chi connectivity index (χ3n) is 4.06. The Morgan fingerprint density at radius 3 is 2.35 bits per heavy atom. The Balaban J connectivity index is 1.57.